The van der Waals surface area contributed by atoms with Crippen LogP contribution in [0.5, 0.6) is 5.75 Å². The molecule has 1 unspecified atom stereocenters. The second kappa shape index (κ2) is 5.59. The number of benzene rings is 2. The van der Waals surface area contributed by atoms with E-state index in [4.69, 9.17) is 10.5 Å². The molecule has 0 amide bonds. The summed E-state index contributed by atoms with van der Waals surface area (Å²) in [5.41, 5.74) is 8.85. The molecule has 0 fully saturated rings. The van der Waals surface area contributed by atoms with E-state index in [0.29, 0.717) is 11.3 Å². The number of halogens is 2. The predicted octanol–water partition coefficient (Wildman–Crippen LogP) is 3.64. The van der Waals surface area contributed by atoms with E-state index in [0.717, 1.165) is 29.3 Å². The van der Waals surface area contributed by atoms with Crippen molar-refractivity contribution in [3.63, 3.8) is 0 Å². The third-order valence-electron chi connectivity index (χ3n) is 3.54. The predicted molar refractivity (Wildman–Crippen MR) is 74.9 cm³/mol. The Kier molecular flexibility index (Phi) is 4.04. The van der Waals surface area contributed by atoms with E-state index in [-0.39, 0.29) is 5.56 Å². The highest BCUT2D eigenvalue weighted by Gasteiger charge is 2.20. The van der Waals surface area contributed by atoms with Crippen LogP contribution in [-0.4, -0.2) is 7.11 Å². The van der Waals surface area contributed by atoms with Gasteiger partial charge in [-0.25, -0.2) is 8.78 Å². The summed E-state index contributed by atoms with van der Waals surface area (Å²) < 4.78 is 32.5. The molecule has 20 heavy (non-hydrogen) atoms. The Morgan fingerprint density at radius 3 is 2.40 bits per heavy atom. The molecule has 2 nitrogen and oxygen atoms in total. The van der Waals surface area contributed by atoms with Crippen molar-refractivity contribution in [1.29, 1.82) is 0 Å². The summed E-state index contributed by atoms with van der Waals surface area (Å²) in [7, 11) is 1.54. The Morgan fingerprint density at radius 1 is 1.05 bits per heavy atom. The van der Waals surface area contributed by atoms with E-state index in [1.165, 1.54) is 0 Å². The average Bonchev–Trinajstić information content (AvgIpc) is 2.43. The lowest BCUT2D eigenvalue weighted by atomic mass is 9.94. The van der Waals surface area contributed by atoms with Crippen molar-refractivity contribution < 1.29 is 13.5 Å². The zero-order chi connectivity index (χ0) is 14.9. The molecule has 0 saturated heterocycles. The maximum atomic E-state index is 13.8. The van der Waals surface area contributed by atoms with Gasteiger partial charge in [-0.05, 0) is 43.2 Å². The third-order valence-corrected chi connectivity index (χ3v) is 3.54. The van der Waals surface area contributed by atoms with Crippen LogP contribution in [0.1, 0.15) is 28.3 Å². The summed E-state index contributed by atoms with van der Waals surface area (Å²) in [5, 5.41) is 0. The summed E-state index contributed by atoms with van der Waals surface area (Å²) in [4.78, 5) is 0. The molecule has 2 rings (SSSR count). The van der Waals surface area contributed by atoms with Gasteiger partial charge in [0.25, 0.3) is 0 Å². The van der Waals surface area contributed by atoms with Crippen LogP contribution in [0, 0.1) is 25.5 Å². The van der Waals surface area contributed by atoms with Gasteiger partial charge < -0.3 is 10.5 Å². The smallest absolute Gasteiger partial charge is 0.128 e. The normalized spacial score (nSPS) is 12.3. The Balaban J connectivity index is 2.56. The van der Waals surface area contributed by atoms with E-state index < -0.39 is 17.7 Å². The van der Waals surface area contributed by atoms with Gasteiger partial charge in [-0.15, -0.1) is 0 Å². The van der Waals surface area contributed by atoms with Crippen LogP contribution in [0.2, 0.25) is 0 Å². The first-order valence-corrected chi connectivity index (χ1v) is 6.30. The highest BCUT2D eigenvalue weighted by molar-refractivity contribution is 5.49. The Hall–Kier alpha value is -1.94. The van der Waals surface area contributed by atoms with E-state index in [2.05, 4.69) is 0 Å². The van der Waals surface area contributed by atoms with E-state index in [9.17, 15) is 8.78 Å². The molecule has 4 heteroatoms. The van der Waals surface area contributed by atoms with Crippen molar-refractivity contribution in [2.24, 2.45) is 5.73 Å². The highest BCUT2D eigenvalue weighted by atomic mass is 19.1. The molecule has 0 heterocycles. The van der Waals surface area contributed by atoms with E-state index in [1.807, 2.05) is 19.9 Å². The summed E-state index contributed by atoms with van der Waals surface area (Å²) in [5.74, 6) is -0.431. The van der Waals surface area contributed by atoms with Crippen LogP contribution < -0.4 is 10.5 Å². The van der Waals surface area contributed by atoms with Crippen molar-refractivity contribution in [3.05, 3.63) is 64.2 Å². The van der Waals surface area contributed by atoms with Crippen molar-refractivity contribution in [3.8, 4) is 5.75 Å². The summed E-state index contributed by atoms with van der Waals surface area (Å²) in [6, 6.07) is 6.18. The quantitative estimate of drug-likeness (QED) is 0.929. The fourth-order valence-electron chi connectivity index (χ4n) is 2.25. The van der Waals surface area contributed by atoms with Gasteiger partial charge in [-0.1, -0.05) is 12.1 Å². The molecule has 0 bridgehead atoms. The molecule has 0 saturated carbocycles. The maximum Gasteiger partial charge on any atom is 0.128 e. The van der Waals surface area contributed by atoms with Gasteiger partial charge in [0.2, 0.25) is 0 Å². The van der Waals surface area contributed by atoms with Gasteiger partial charge in [0.1, 0.15) is 17.4 Å². The average molecular weight is 277 g/mol. The van der Waals surface area contributed by atoms with Gasteiger partial charge in [0.15, 0.2) is 0 Å². The van der Waals surface area contributed by atoms with Crippen molar-refractivity contribution in [2.45, 2.75) is 19.9 Å². The third kappa shape index (κ3) is 2.51. The molecule has 0 spiro atoms. The summed E-state index contributed by atoms with van der Waals surface area (Å²) >= 11 is 0. The number of nitrogens with two attached hydrogens (primary N) is 1. The monoisotopic (exact) mass is 277 g/mol. The minimum atomic E-state index is -0.778. The lowest BCUT2D eigenvalue weighted by molar-refractivity contribution is 0.403. The highest BCUT2D eigenvalue weighted by Crippen LogP contribution is 2.33. The van der Waals surface area contributed by atoms with Gasteiger partial charge in [0.05, 0.1) is 13.2 Å². The van der Waals surface area contributed by atoms with Crippen LogP contribution in [0.3, 0.4) is 0 Å². The molecular weight excluding hydrogens is 260 g/mol. The standard InChI is InChI=1S/C16H17F2NO/c1-9-4-6-12(16(20-3)10(9)2)15(19)13-8-11(17)5-7-14(13)18/h4-8,15H,19H2,1-3H3. The van der Waals surface area contributed by atoms with Crippen LogP contribution in [0.25, 0.3) is 0 Å². The number of ether oxygens (including phenoxy) is 1. The summed E-state index contributed by atoms with van der Waals surface area (Å²) in [6.45, 7) is 3.86. The molecule has 0 radical (unpaired) electrons. The van der Waals surface area contributed by atoms with Crippen molar-refractivity contribution in [1.82, 2.24) is 0 Å². The molecule has 1 atom stereocenters. The zero-order valence-corrected chi connectivity index (χ0v) is 11.7. The van der Waals surface area contributed by atoms with Crippen LogP contribution >= 0.6 is 0 Å². The van der Waals surface area contributed by atoms with Crippen molar-refractivity contribution >= 4 is 0 Å². The Bertz CT molecular complexity index is 641. The topological polar surface area (TPSA) is 35.2 Å². The maximum absolute atomic E-state index is 13.8. The van der Waals surface area contributed by atoms with E-state index >= 15 is 0 Å². The molecule has 2 N–H and O–H groups in total. The molecule has 2 aromatic rings. The van der Waals surface area contributed by atoms with E-state index in [1.54, 1.807) is 13.2 Å². The summed E-state index contributed by atoms with van der Waals surface area (Å²) in [6.07, 6.45) is 0. The molecule has 0 aliphatic rings. The van der Waals surface area contributed by atoms with Gasteiger partial charge in [0, 0.05) is 11.1 Å². The molecular formula is C16H17F2NO. The number of hydrogen-bond acceptors (Lipinski definition) is 2. The molecule has 0 aliphatic heterocycles. The van der Waals surface area contributed by atoms with Crippen LogP contribution in [0.4, 0.5) is 8.78 Å². The SMILES string of the molecule is COc1c(C(N)c2cc(F)ccc2F)ccc(C)c1C. The van der Waals surface area contributed by atoms with Gasteiger partial charge in [-0.3, -0.25) is 0 Å². The lowest BCUT2D eigenvalue weighted by Gasteiger charge is -2.19. The van der Waals surface area contributed by atoms with Crippen LogP contribution in [-0.2, 0) is 0 Å². The first-order chi connectivity index (χ1) is 9.45. The lowest BCUT2D eigenvalue weighted by Crippen LogP contribution is -2.15. The Morgan fingerprint density at radius 2 is 1.75 bits per heavy atom. The van der Waals surface area contributed by atoms with Gasteiger partial charge >= 0.3 is 0 Å². The fraction of sp³-hybridized carbons (Fsp3) is 0.250. The minimum Gasteiger partial charge on any atom is -0.496 e. The largest absolute Gasteiger partial charge is 0.496 e. The zero-order valence-electron chi connectivity index (χ0n) is 11.7. The molecule has 2 aromatic carbocycles. The first-order valence-electron chi connectivity index (χ1n) is 6.30. The second-order valence-electron chi connectivity index (χ2n) is 4.77. The minimum absolute atomic E-state index is 0.117. The molecule has 0 aromatic heterocycles. The van der Waals surface area contributed by atoms with Crippen LogP contribution in [0.15, 0.2) is 30.3 Å². The first kappa shape index (κ1) is 14.5. The molecule has 0 aliphatic carbocycles. The number of hydrogen-bond donors (Lipinski definition) is 1. The number of methoxy groups -OCH3 is 1. The number of aryl methyl sites for hydroxylation is 1. The second-order valence-corrected chi connectivity index (χ2v) is 4.77. The fourth-order valence-corrected chi connectivity index (χ4v) is 2.25. The molecule has 106 valence electrons. The van der Waals surface area contributed by atoms with Gasteiger partial charge in [-0.2, -0.15) is 0 Å². The number of rotatable bonds is 3. The Labute approximate surface area is 117 Å². The van der Waals surface area contributed by atoms with Crippen molar-refractivity contribution in [2.75, 3.05) is 7.11 Å².